The molecule has 1 saturated heterocycles. The van der Waals surface area contributed by atoms with E-state index < -0.39 is 12.2 Å². The van der Waals surface area contributed by atoms with Gasteiger partial charge in [0.25, 0.3) is 0 Å². The maximum Gasteiger partial charge on any atom is 0.348 e. The van der Waals surface area contributed by atoms with E-state index in [2.05, 4.69) is 0 Å². The van der Waals surface area contributed by atoms with Crippen LogP contribution in [-0.4, -0.2) is 39.9 Å². The molecule has 4 heteroatoms. The van der Waals surface area contributed by atoms with Crippen molar-refractivity contribution in [3.8, 4) is 0 Å². The van der Waals surface area contributed by atoms with Gasteiger partial charge in [0, 0.05) is 12.6 Å². The molecule has 0 amide bonds. The highest BCUT2D eigenvalue weighted by Gasteiger charge is 2.30. The molecule has 1 heterocycles. The fraction of sp³-hybridized carbons (Fsp3) is 0.889. The minimum Gasteiger partial charge on any atom is -0.478 e. The Morgan fingerprint density at radius 1 is 1.62 bits per heavy atom. The Bertz CT molecular complexity index is 184. The molecule has 0 aromatic heterocycles. The summed E-state index contributed by atoms with van der Waals surface area (Å²) in [6, 6.07) is 0.236. The van der Waals surface area contributed by atoms with E-state index in [4.69, 9.17) is 5.11 Å². The molecule has 2 N–H and O–H groups in total. The van der Waals surface area contributed by atoms with E-state index >= 15 is 0 Å². The highest BCUT2D eigenvalue weighted by molar-refractivity contribution is 5.71. The summed E-state index contributed by atoms with van der Waals surface area (Å²) >= 11 is 0. The molecule has 2 unspecified atom stereocenters. The van der Waals surface area contributed by atoms with Crippen LogP contribution in [0.15, 0.2) is 0 Å². The Kier molecular flexibility index (Phi) is 3.69. The first-order valence-electron chi connectivity index (χ1n) is 4.83. The first-order valence-corrected chi connectivity index (χ1v) is 4.83. The summed E-state index contributed by atoms with van der Waals surface area (Å²) < 4.78 is 0. The molecule has 1 aliphatic heterocycles. The molecule has 1 aliphatic rings. The van der Waals surface area contributed by atoms with Crippen LogP contribution < -0.4 is 0 Å². The predicted octanol–water partition coefficient (Wildman–Crippen LogP) is 0.654. The first-order chi connectivity index (χ1) is 6.16. The number of rotatable bonds is 3. The van der Waals surface area contributed by atoms with Gasteiger partial charge < -0.3 is 10.2 Å². The monoisotopic (exact) mass is 187 g/mol. The van der Waals surface area contributed by atoms with Crippen molar-refractivity contribution in [1.82, 2.24) is 4.90 Å². The van der Waals surface area contributed by atoms with Crippen LogP contribution in [0.5, 0.6) is 0 Å². The number of carboxylic acids is 1. The van der Waals surface area contributed by atoms with Gasteiger partial charge in [0.05, 0.1) is 0 Å². The second-order valence-electron chi connectivity index (χ2n) is 3.51. The second-order valence-corrected chi connectivity index (χ2v) is 3.51. The van der Waals surface area contributed by atoms with Gasteiger partial charge in [-0.05, 0) is 19.3 Å². The van der Waals surface area contributed by atoms with Crippen LogP contribution in [0.25, 0.3) is 0 Å². The number of hydrogen-bond donors (Lipinski definition) is 2. The zero-order chi connectivity index (χ0) is 9.84. The van der Waals surface area contributed by atoms with Gasteiger partial charge in [-0.1, -0.05) is 13.3 Å². The fourth-order valence-electron chi connectivity index (χ4n) is 1.93. The van der Waals surface area contributed by atoms with E-state index in [1.807, 2.05) is 6.92 Å². The van der Waals surface area contributed by atoms with Gasteiger partial charge in [-0.3, -0.25) is 4.90 Å². The third-order valence-corrected chi connectivity index (χ3v) is 2.68. The van der Waals surface area contributed by atoms with Crippen LogP contribution in [-0.2, 0) is 4.79 Å². The number of aliphatic carboxylic acids is 1. The van der Waals surface area contributed by atoms with E-state index in [1.54, 1.807) is 4.90 Å². The Morgan fingerprint density at radius 2 is 2.31 bits per heavy atom. The highest BCUT2D eigenvalue weighted by Crippen LogP contribution is 2.20. The van der Waals surface area contributed by atoms with Crippen LogP contribution in [0.4, 0.5) is 0 Å². The summed E-state index contributed by atoms with van der Waals surface area (Å²) in [6.45, 7) is 2.73. The molecule has 2 atom stereocenters. The Labute approximate surface area is 78.2 Å². The average molecular weight is 187 g/mol. The molecule has 0 spiro atoms. The Morgan fingerprint density at radius 3 is 2.85 bits per heavy atom. The number of carbonyl (C=O) groups is 1. The number of carboxylic acid groups (broad SMARTS) is 1. The quantitative estimate of drug-likeness (QED) is 0.681. The van der Waals surface area contributed by atoms with Crippen LogP contribution in [0, 0.1) is 0 Å². The van der Waals surface area contributed by atoms with Crippen molar-refractivity contribution in [3.05, 3.63) is 0 Å². The van der Waals surface area contributed by atoms with Gasteiger partial charge >= 0.3 is 5.97 Å². The molecular formula is C9H17NO3. The van der Waals surface area contributed by atoms with Crippen LogP contribution >= 0.6 is 0 Å². The standard InChI is InChI=1S/C9H17NO3/c1-2-7-5-3-4-6-10(7)8(11)9(12)13/h7-8,11H,2-6H2,1H3,(H,12,13). The molecule has 1 fully saturated rings. The lowest BCUT2D eigenvalue weighted by Gasteiger charge is -2.36. The molecule has 13 heavy (non-hydrogen) atoms. The number of likely N-dealkylation sites (tertiary alicyclic amines) is 1. The molecule has 0 aliphatic carbocycles. The smallest absolute Gasteiger partial charge is 0.348 e. The third-order valence-electron chi connectivity index (χ3n) is 2.68. The van der Waals surface area contributed by atoms with Crippen LogP contribution in [0.1, 0.15) is 32.6 Å². The molecule has 4 nitrogen and oxygen atoms in total. The van der Waals surface area contributed by atoms with Gasteiger partial charge in [0.15, 0.2) is 0 Å². The Balaban J connectivity index is 2.58. The SMILES string of the molecule is CCC1CCCCN1C(O)C(=O)O. The van der Waals surface area contributed by atoms with Crippen molar-refractivity contribution in [2.24, 2.45) is 0 Å². The lowest BCUT2D eigenvalue weighted by Crippen LogP contribution is -2.49. The topological polar surface area (TPSA) is 60.8 Å². The van der Waals surface area contributed by atoms with Gasteiger partial charge in [0.2, 0.25) is 6.23 Å². The van der Waals surface area contributed by atoms with Crippen molar-refractivity contribution in [2.75, 3.05) is 6.54 Å². The van der Waals surface area contributed by atoms with Crippen molar-refractivity contribution in [3.63, 3.8) is 0 Å². The molecule has 0 saturated carbocycles. The molecule has 76 valence electrons. The van der Waals surface area contributed by atoms with Crippen molar-refractivity contribution in [2.45, 2.75) is 44.9 Å². The number of aliphatic hydroxyl groups excluding tert-OH is 1. The highest BCUT2D eigenvalue weighted by atomic mass is 16.4. The predicted molar refractivity (Wildman–Crippen MR) is 48.3 cm³/mol. The van der Waals surface area contributed by atoms with Crippen LogP contribution in [0.2, 0.25) is 0 Å². The van der Waals surface area contributed by atoms with E-state index in [9.17, 15) is 9.90 Å². The van der Waals surface area contributed by atoms with E-state index in [-0.39, 0.29) is 6.04 Å². The van der Waals surface area contributed by atoms with Crippen molar-refractivity contribution in [1.29, 1.82) is 0 Å². The zero-order valence-electron chi connectivity index (χ0n) is 7.94. The van der Waals surface area contributed by atoms with Gasteiger partial charge in [-0.25, -0.2) is 4.79 Å². The summed E-state index contributed by atoms with van der Waals surface area (Å²) in [5, 5.41) is 18.0. The molecule has 0 aromatic rings. The van der Waals surface area contributed by atoms with Gasteiger partial charge in [-0.2, -0.15) is 0 Å². The van der Waals surface area contributed by atoms with Crippen LogP contribution in [0.3, 0.4) is 0 Å². The minimum atomic E-state index is -1.31. The van der Waals surface area contributed by atoms with E-state index in [0.29, 0.717) is 6.54 Å². The molecule has 0 radical (unpaired) electrons. The van der Waals surface area contributed by atoms with Gasteiger partial charge in [-0.15, -0.1) is 0 Å². The maximum absolute atomic E-state index is 10.6. The van der Waals surface area contributed by atoms with E-state index in [0.717, 1.165) is 25.7 Å². The first kappa shape index (κ1) is 10.5. The zero-order valence-corrected chi connectivity index (χ0v) is 7.94. The minimum absolute atomic E-state index is 0.236. The van der Waals surface area contributed by atoms with Crippen molar-refractivity contribution >= 4 is 5.97 Å². The number of aliphatic hydroxyl groups is 1. The summed E-state index contributed by atoms with van der Waals surface area (Å²) in [5.41, 5.74) is 0. The average Bonchev–Trinajstić information content (AvgIpc) is 2.16. The number of nitrogens with zero attached hydrogens (tertiary/aromatic N) is 1. The third kappa shape index (κ3) is 2.42. The largest absolute Gasteiger partial charge is 0.478 e. The maximum atomic E-state index is 10.6. The lowest BCUT2D eigenvalue weighted by atomic mass is 10.00. The summed E-state index contributed by atoms with van der Waals surface area (Å²) in [5.74, 6) is -1.14. The Hall–Kier alpha value is -0.610. The summed E-state index contributed by atoms with van der Waals surface area (Å²) in [4.78, 5) is 12.3. The van der Waals surface area contributed by atoms with Crippen molar-refractivity contribution < 1.29 is 15.0 Å². The normalized spacial score (nSPS) is 27.1. The molecular weight excluding hydrogens is 170 g/mol. The number of hydrogen-bond acceptors (Lipinski definition) is 3. The van der Waals surface area contributed by atoms with Gasteiger partial charge in [0.1, 0.15) is 0 Å². The number of piperidine rings is 1. The molecule has 0 aromatic carbocycles. The molecule has 1 rings (SSSR count). The summed E-state index contributed by atoms with van der Waals surface area (Å²) in [6.07, 6.45) is 2.72. The molecule has 0 bridgehead atoms. The lowest BCUT2D eigenvalue weighted by molar-refractivity contribution is -0.161. The summed E-state index contributed by atoms with van der Waals surface area (Å²) in [7, 11) is 0. The van der Waals surface area contributed by atoms with E-state index in [1.165, 1.54) is 0 Å². The second kappa shape index (κ2) is 4.58. The fourth-order valence-corrected chi connectivity index (χ4v) is 1.93.